The summed E-state index contributed by atoms with van der Waals surface area (Å²) in [5.74, 6) is 2.58. The van der Waals surface area contributed by atoms with Crippen LogP contribution in [0.4, 0.5) is 0 Å². The number of hydrogen-bond acceptors (Lipinski definition) is 2. The second-order valence-corrected chi connectivity index (χ2v) is 7.45. The van der Waals surface area contributed by atoms with Crippen LogP contribution < -0.4 is 0 Å². The molecule has 3 unspecified atom stereocenters. The molecule has 3 heteroatoms. The van der Waals surface area contributed by atoms with Crippen molar-refractivity contribution in [2.75, 3.05) is 0 Å². The summed E-state index contributed by atoms with van der Waals surface area (Å²) in [5, 5.41) is 10.1. The molecule has 2 aliphatic rings. The van der Waals surface area contributed by atoms with Crippen molar-refractivity contribution >= 4 is 0 Å². The van der Waals surface area contributed by atoms with Crippen LogP contribution in [-0.2, 0) is 0 Å². The lowest BCUT2D eigenvalue weighted by Crippen LogP contribution is -2.38. The standard InChI is InChI=1S/C17H28N2O/c1-4-17(2,3)14-8-7-13(20)11-15(14)19-10-9-18-16(19)12-5-6-12/h9-10,12-15,20H,4-8,11H2,1-3H3. The van der Waals surface area contributed by atoms with Crippen molar-refractivity contribution in [2.24, 2.45) is 11.3 Å². The third-order valence-corrected chi connectivity index (χ3v) is 5.70. The smallest absolute Gasteiger partial charge is 0.112 e. The zero-order valence-corrected chi connectivity index (χ0v) is 13.0. The van der Waals surface area contributed by atoms with Gasteiger partial charge in [0.05, 0.1) is 6.10 Å². The van der Waals surface area contributed by atoms with Crippen LogP contribution >= 0.6 is 0 Å². The van der Waals surface area contributed by atoms with E-state index >= 15 is 0 Å². The van der Waals surface area contributed by atoms with Gasteiger partial charge in [0.25, 0.3) is 0 Å². The van der Waals surface area contributed by atoms with Gasteiger partial charge in [0.2, 0.25) is 0 Å². The van der Waals surface area contributed by atoms with Crippen LogP contribution in [0.2, 0.25) is 0 Å². The predicted molar refractivity (Wildman–Crippen MR) is 80.7 cm³/mol. The monoisotopic (exact) mass is 276 g/mol. The van der Waals surface area contributed by atoms with E-state index in [0.717, 1.165) is 19.3 Å². The van der Waals surface area contributed by atoms with E-state index in [-0.39, 0.29) is 6.10 Å². The summed E-state index contributed by atoms with van der Waals surface area (Å²) in [6, 6.07) is 0.423. The number of nitrogens with zero attached hydrogens (tertiary/aromatic N) is 2. The highest BCUT2D eigenvalue weighted by molar-refractivity contribution is 5.10. The number of imidazole rings is 1. The predicted octanol–water partition coefficient (Wildman–Crippen LogP) is 3.90. The zero-order valence-electron chi connectivity index (χ0n) is 13.0. The van der Waals surface area contributed by atoms with E-state index in [0.29, 0.717) is 23.3 Å². The first kappa shape index (κ1) is 14.1. The summed E-state index contributed by atoms with van der Waals surface area (Å²) in [6.45, 7) is 7.06. The van der Waals surface area contributed by atoms with Gasteiger partial charge in [-0.25, -0.2) is 4.98 Å². The number of aromatic nitrogens is 2. The third-order valence-electron chi connectivity index (χ3n) is 5.70. The topological polar surface area (TPSA) is 38.0 Å². The largest absolute Gasteiger partial charge is 0.393 e. The Morgan fingerprint density at radius 1 is 1.30 bits per heavy atom. The van der Waals surface area contributed by atoms with Gasteiger partial charge in [0.1, 0.15) is 5.82 Å². The van der Waals surface area contributed by atoms with Crippen molar-refractivity contribution in [2.45, 2.75) is 77.4 Å². The minimum absolute atomic E-state index is 0.140. The van der Waals surface area contributed by atoms with Gasteiger partial charge in [-0.3, -0.25) is 0 Å². The molecule has 112 valence electrons. The van der Waals surface area contributed by atoms with Gasteiger partial charge in [0.15, 0.2) is 0 Å². The van der Waals surface area contributed by atoms with Crippen molar-refractivity contribution in [1.29, 1.82) is 0 Å². The van der Waals surface area contributed by atoms with Crippen LogP contribution in [0.1, 0.15) is 77.1 Å². The Morgan fingerprint density at radius 2 is 2.05 bits per heavy atom. The van der Waals surface area contributed by atoms with E-state index in [4.69, 9.17) is 0 Å². The van der Waals surface area contributed by atoms with Crippen LogP contribution in [0.25, 0.3) is 0 Å². The maximum atomic E-state index is 10.1. The number of aliphatic hydroxyl groups excluding tert-OH is 1. The molecule has 0 spiro atoms. The summed E-state index contributed by atoms with van der Waals surface area (Å²) in [4.78, 5) is 4.60. The van der Waals surface area contributed by atoms with E-state index < -0.39 is 0 Å². The molecule has 1 aromatic heterocycles. The van der Waals surface area contributed by atoms with Gasteiger partial charge in [-0.15, -0.1) is 0 Å². The van der Waals surface area contributed by atoms with Crippen LogP contribution in [0.5, 0.6) is 0 Å². The molecule has 1 heterocycles. The molecular weight excluding hydrogens is 248 g/mol. The summed E-state index contributed by atoms with van der Waals surface area (Å²) < 4.78 is 2.40. The Balaban J connectivity index is 1.91. The molecule has 1 aromatic rings. The van der Waals surface area contributed by atoms with E-state index in [1.165, 1.54) is 25.1 Å². The lowest BCUT2D eigenvalue weighted by Gasteiger charge is -2.44. The minimum atomic E-state index is -0.140. The fraction of sp³-hybridized carbons (Fsp3) is 0.824. The summed E-state index contributed by atoms with van der Waals surface area (Å²) in [6.07, 6.45) is 10.7. The maximum Gasteiger partial charge on any atom is 0.112 e. The molecule has 2 fully saturated rings. The second kappa shape index (κ2) is 5.18. The lowest BCUT2D eigenvalue weighted by molar-refractivity contribution is 0.0207. The number of hydrogen-bond donors (Lipinski definition) is 1. The molecule has 1 N–H and O–H groups in total. The van der Waals surface area contributed by atoms with Crippen LogP contribution in [0.3, 0.4) is 0 Å². The maximum absolute atomic E-state index is 10.1. The van der Waals surface area contributed by atoms with Gasteiger partial charge in [-0.05, 0) is 43.4 Å². The van der Waals surface area contributed by atoms with Gasteiger partial charge < -0.3 is 9.67 Å². The molecule has 0 aromatic carbocycles. The normalized spacial score (nSPS) is 31.5. The molecule has 20 heavy (non-hydrogen) atoms. The van der Waals surface area contributed by atoms with Crippen molar-refractivity contribution in [1.82, 2.24) is 9.55 Å². The average Bonchev–Trinajstić information content (AvgIpc) is 3.15. The molecule has 0 amide bonds. The van der Waals surface area contributed by atoms with Gasteiger partial charge in [-0.1, -0.05) is 27.2 Å². The quantitative estimate of drug-likeness (QED) is 0.905. The fourth-order valence-corrected chi connectivity index (χ4v) is 3.87. The molecule has 0 bridgehead atoms. The first-order valence-corrected chi connectivity index (χ1v) is 8.23. The van der Waals surface area contributed by atoms with Crippen LogP contribution in [0, 0.1) is 11.3 Å². The van der Waals surface area contributed by atoms with E-state index in [2.05, 4.69) is 36.5 Å². The molecule has 0 saturated heterocycles. The molecule has 3 nitrogen and oxygen atoms in total. The average molecular weight is 276 g/mol. The Hall–Kier alpha value is -0.830. The molecule has 2 aliphatic carbocycles. The number of rotatable bonds is 4. The Bertz CT molecular complexity index is 461. The molecule has 2 saturated carbocycles. The molecule has 3 atom stereocenters. The SMILES string of the molecule is CCC(C)(C)C1CCC(O)CC1n1ccnc1C1CC1. The molecular formula is C17H28N2O. The van der Waals surface area contributed by atoms with Crippen LogP contribution in [-0.4, -0.2) is 20.8 Å². The Morgan fingerprint density at radius 3 is 2.70 bits per heavy atom. The summed E-state index contributed by atoms with van der Waals surface area (Å²) in [7, 11) is 0. The highest BCUT2D eigenvalue weighted by atomic mass is 16.3. The Labute approximate surface area is 122 Å². The number of aliphatic hydroxyl groups is 1. The Kier molecular flexibility index (Phi) is 3.65. The fourth-order valence-electron chi connectivity index (χ4n) is 3.87. The molecule has 0 aliphatic heterocycles. The van der Waals surface area contributed by atoms with Gasteiger partial charge in [0, 0.05) is 24.4 Å². The van der Waals surface area contributed by atoms with Crippen LogP contribution in [0.15, 0.2) is 12.4 Å². The van der Waals surface area contributed by atoms with E-state index in [1.807, 2.05) is 6.20 Å². The highest BCUT2D eigenvalue weighted by Gasteiger charge is 2.41. The first-order valence-electron chi connectivity index (χ1n) is 8.23. The zero-order chi connectivity index (χ0) is 14.3. The third kappa shape index (κ3) is 2.52. The summed E-state index contributed by atoms with van der Waals surface area (Å²) >= 11 is 0. The summed E-state index contributed by atoms with van der Waals surface area (Å²) in [5.41, 5.74) is 0.329. The highest BCUT2D eigenvalue weighted by Crippen LogP contribution is 2.48. The van der Waals surface area contributed by atoms with E-state index in [9.17, 15) is 5.11 Å². The van der Waals surface area contributed by atoms with Crippen molar-refractivity contribution in [3.63, 3.8) is 0 Å². The van der Waals surface area contributed by atoms with Gasteiger partial charge in [-0.2, -0.15) is 0 Å². The van der Waals surface area contributed by atoms with Crippen molar-refractivity contribution < 1.29 is 5.11 Å². The van der Waals surface area contributed by atoms with Crippen molar-refractivity contribution in [3.05, 3.63) is 18.2 Å². The van der Waals surface area contributed by atoms with Crippen molar-refractivity contribution in [3.8, 4) is 0 Å². The first-order chi connectivity index (χ1) is 9.53. The minimum Gasteiger partial charge on any atom is -0.393 e. The lowest BCUT2D eigenvalue weighted by atomic mass is 9.66. The van der Waals surface area contributed by atoms with E-state index in [1.54, 1.807) is 0 Å². The van der Waals surface area contributed by atoms with Gasteiger partial charge >= 0.3 is 0 Å². The molecule has 3 rings (SSSR count). The second-order valence-electron chi connectivity index (χ2n) is 7.45. The molecule has 0 radical (unpaired) electrons.